The summed E-state index contributed by atoms with van der Waals surface area (Å²) in [4.78, 5) is 13.4. The first-order valence-electron chi connectivity index (χ1n) is 7.58. The van der Waals surface area contributed by atoms with Crippen molar-refractivity contribution in [2.75, 3.05) is 26.2 Å². The predicted octanol–water partition coefficient (Wildman–Crippen LogP) is 3.07. The number of hydrogen-bond acceptors (Lipinski definition) is 5. The normalized spacial score (nSPS) is 15.6. The number of hydrogen-bond donors (Lipinski definition) is 2. The maximum absolute atomic E-state index is 11.0. The summed E-state index contributed by atoms with van der Waals surface area (Å²) in [5, 5.41) is 13.4. The number of carbonyl (C=O) groups excluding carboxylic acids is 1. The van der Waals surface area contributed by atoms with E-state index in [1.807, 2.05) is 13.0 Å². The zero-order valence-electron chi connectivity index (χ0n) is 14.1. The van der Waals surface area contributed by atoms with E-state index in [0.29, 0.717) is 0 Å². The number of ether oxygens (including phenoxy) is 1. The summed E-state index contributed by atoms with van der Waals surface area (Å²) in [6.07, 6.45) is 0.840. The highest BCUT2D eigenvalue weighted by atomic mass is 35.5. The van der Waals surface area contributed by atoms with Crippen LogP contribution in [0.3, 0.4) is 0 Å². The van der Waals surface area contributed by atoms with E-state index in [-0.39, 0.29) is 42.4 Å². The van der Waals surface area contributed by atoms with Crippen LogP contribution in [-0.2, 0) is 4.79 Å². The van der Waals surface area contributed by atoms with Crippen molar-refractivity contribution in [1.29, 1.82) is 0 Å². The number of piperazine rings is 1. The Bertz CT molecular complexity index is 561. The maximum Gasteiger partial charge on any atom is 0.308 e. The van der Waals surface area contributed by atoms with Crippen LogP contribution < -0.4 is 10.1 Å². The van der Waals surface area contributed by atoms with E-state index in [9.17, 15) is 9.90 Å². The molecule has 0 amide bonds. The van der Waals surface area contributed by atoms with E-state index in [4.69, 9.17) is 4.74 Å². The molecule has 0 spiro atoms. The lowest BCUT2D eigenvalue weighted by atomic mass is 9.97. The van der Waals surface area contributed by atoms with E-state index in [1.165, 1.54) is 6.92 Å². The third-order valence-corrected chi connectivity index (χ3v) is 3.76. The maximum atomic E-state index is 11.0. The first kappa shape index (κ1) is 22.7. The molecule has 1 fully saturated rings. The fourth-order valence-corrected chi connectivity index (χ4v) is 2.76. The smallest absolute Gasteiger partial charge is 0.308 e. The largest absolute Gasteiger partial charge is 0.504 e. The van der Waals surface area contributed by atoms with Crippen LogP contribution in [0.1, 0.15) is 31.9 Å². The number of aromatic hydroxyl groups is 1. The van der Waals surface area contributed by atoms with Gasteiger partial charge in [0, 0.05) is 39.1 Å². The van der Waals surface area contributed by atoms with E-state index < -0.39 is 5.97 Å². The number of esters is 1. The molecule has 0 saturated carbocycles. The molecule has 0 radical (unpaired) electrons. The third-order valence-electron chi connectivity index (χ3n) is 3.76. The number of carbonyl (C=O) groups is 1. The lowest BCUT2D eigenvalue weighted by molar-refractivity contribution is -0.132. The Balaban J connectivity index is 0.00000264. The molecule has 1 aromatic rings. The van der Waals surface area contributed by atoms with Crippen LogP contribution in [0, 0.1) is 0 Å². The molecule has 24 heavy (non-hydrogen) atoms. The zero-order chi connectivity index (χ0) is 16.1. The molecule has 2 N–H and O–H groups in total. The molecular formula is C17H26Cl2N2O3. The SMILES string of the molecule is C=C(C)C[C@H](c1ccc(OC(C)=O)c(O)c1)N1CCNCC1.Cl.Cl. The van der Waals surface area contributed by atoms with Gasteiger partial charge in [-0.3, -0.25) is 9.69 Å². The van der Waals surface area contributed by atoms with Crippen molar-refractivity contribution in [3.63, 3.8) is 0 Å². The summed E-state index contributed by atoms with van der Waals surface area (Å²) >= 11 is 0. The van der Waals surface area contributed by atoms with Gasteiger partial charge in [-0.15, -0.1) is 31.4 Å². The van der Waals surface area contributed by atoms with Gasteiger partial charge in [-0.2, -0.15) is 0 Å². The molecule has 0 aromatic heterocycles. The summed E-state index contributed by atoms with van der Waals surface area (Å²) in [7, 11) is 0. The first-order valence-corrected chi connectivity index (χ1v) is 7.58. The number of phenolic OH excluding ortho intramolecular Hbond substituents is 1. The Labute approximate surface area is 155 Å². The van der Waals surface area contributed by atoms with Crippen molar-refractivity contribution in [3.8, 4) is 11.5 Å². The van der Waals surface area contributed by atoms with Gasteiger partial charge < -0.3 is 15.2 Å². The second-order valence-electron chi connectivity index (χ2n) is 5.78. The lowest BCUT2D eigenvalue weighted by Gasteiger charge is -2.35. The Morgan fingerprint density at radius 2 is 1.96 bits per heavy atom. The van der Waals surface area contributed by atoms with E-state index in [2.05, 4.69) is 16.8 Å². The summed E-state index contributed by atoms with van der Waals surface area (Å²) in [5.41, 5.74) is 2.12. The molecule has 1 aromatic carbocycles. The average molecular weight is 377 g/mol. The molecule has 7 heteroatoms. The molecule has 1 atom stereocenters. The Kier molecular flexibility index (Phi) is 10.0. The van der Waals surface area contributed by atoms with Crippen molar-refractivity contribution < 1.29 is 14.6 Å². The molecule has 1 aliphatic rings. The molecule has 0 aliphatic carbocycles. The third kappa shape index (κ3) is 6.32. The van der Waals surface area contributed by atoms with Crippen LogP contribution in [-0.4, -0.2) is 42.2 Å². The van der Waals surface area contributed by atoms with Crippen LogP contribution >= 0.6 is 24.8 Å². The highest BCUT2D eigenvalue weighted by Gasteiger charge is 2.23. The predicted molar refractivity (Wildman–Crippen MR) is 101 cm³/mol. The van der Waals surface area contributed by atoms with Gasteiger partial charge in [-0.05, 0) is 31.0 Å². The van der Waals surface area contributed by atoms with Gasteiger partial charge in [-0.1, -0.05) is 11.6 Å². The molecule has 136 valence electrons. The fourth-order valence-electron chi connectivity index (χ4n) is 2.76. The Morgan fingerprint density at radius 3 is 2.46 bits per heavy atom. The molecule has 1 aliphatic heterocycles. The highest BCUT2D eigenvalue weighted by molar-refractivity contribution is 5.85. The van der Waals surface area contributed by atoms with Crippen molar-refractivity contribution in [1.82, 2.24) is 10.2 Å². The minimum Gasteiger partial charge on any atom is -0.504 e. The molecule has 0 unspecified atom stereocenters. The second-order valence-corrected chi connectivity index (χ2v) is 5.78. The van der Waals surface area contributed by atoms with Crippen LogP contribution in [0.2, 0.25) is 0 Å². The number of nitrogens with one attached hydrogen (secondary N) is 1. The van der Waals surface area contributed by atoms with E-state index in [0.717, 1.165) is 43.7 Å². The molecule has 0 bridgehead atoms. The van der Waals surface area contributed by atoms with Crippen LogP contribution in [0.25, 0.3) is 0 Å². The van der Waals surface area contributed by atoms with Gasteiger partial charge in [0.1, 0.15) is 0 Å². The monoisotopic (exact) mass is 376 g/mol. The summed E-state index contributed by atoms with van der Waals surface area (Å²) < 4.78 is 4.98. The molecule has 1 saturated heterocycles. The first-order chi connectivity index (χ1) is 10.5. The van der Waals surface area contributed by atoms with Gasteiger partial charge in [0.25, 0.3) is 0 Å². The Morgan fingerprint density at radius 1 is 1.33 bits per heavy atom. The fraction of sp³-hybridized carbons (Fsp3) is 0.471. The lowest BCUT2D eigenvalue weighted by Crippen LogP contribution is -2.45. The van der Waals surface area contributed by atoms with E-state index >= 15 is 0 Å². The van der Waals surface area contributed by atoms with Gasteiger partial charge >= 0.3 is 5.97 Å². The molecule has 1 heterocycles. The summed E-state index contributed by atoms with van der Waals surface area (Å²) in [5.74, 6) is -0.246. The number of benzene rings is 1. The minimum absolute atomic E-state index is 0. The summed E-state index contributed by atoms with van der Waals surface area (Å²) in [6, 6.07) is 5.43. The van der Waals surface area contributed by atoms with Crippen LogP contribution in [0.15, 0.2) is 30.4 Å². The quantitative estimate of drug-likeness (QED) is 0.469. The highest BCUT2D eigenvalue weighted by Crippen LogP contribution is 2.34. The molecular weight excluding hydrogens is 351 g/mol. The van der Waals surface area contributed by atoms with Crippen LogP contribution in [0.5, 0.6) is 11.5 Å². The number of phenols is 1. The number of nitrogens with zero attached hydrogens (tertiary/aromatic N) is 1. The minimum atomic E-state index is -0.441. The zero-order valence-corrected chi connectivity index (χ0v) is 15.7. The van der Waals surface area contributed by atoms with Crippen molar-refractivity contribution in [3.05, 3.63) is 35.9 Å². The number of halogens is 2. The van der Waals surface area contributed by atoms with Crippen molar-refractivity contribution in [2.45, 2.75) is 26.3 Å². The van der Waals surface area contributed by atoms with E-state index in [1.54, 1.807) is 12.1 Å². The molecule has 5 nitrogen and oxygen atoms in total. The standard InChI is InChI=1S/C17H24N2O3.2ClH/c1-12(2)10-15(19-8-6-18-7-9-19)14-4-5-17(16(21)11-14)22-13(3)20;;/h4-5,11,15,18,21H,1,6-10H2,2-3H3;2*1H/t15-;;/m1../s1. The summed E-state index contributed by atoms with van der Waals surface area (Å²) in [6.45, 7) is 11.2. The van der Waals surface area contributed by atoms with Gasteiger partial charge in [0.2, 0.25) is 0 Å². The Hall–Kier alpha value is -1.27. The van der Waals surface area contributed by atoms with Crippen molar-refractivity contribution >= 4 is 30.8 Å². The topological polar surface area (TPSA) is 61.8 Å². The number of rotatable bonds is 5. The second kappa shape index (κ2) is 10.6. The van der Waals surface area contributed by atoms with Gasteiger partial charge in [0.05, 0.1) is 0 Å². The van der Waals surface area contributed by atoms with Crippen LogP contribution in [0.4, 0.5) is 0 Å². The van der Waals surface area contributed by atoms with Gasteiger partial charge in [-0.25, -0.2) is 0 Å². The van der Waals surface area contributed by atoms with Gasteiger partial charge in [0.15, 0.2) is 11.5 Å². The average Bonchev–Trinajstić information content (AvgIpc) is 2.47. The van der Waals surface area contributed by atoms with Crippen molar-refractivity contribution in [2.24, 2.45) is 0 Å². The molecule has 2 rings (SSSR count).